The highest BCUT2D eigenvalue weighted by molar-refractivity contribution is 6.36. The molecule has 9 aromatic rings. The van der Waals surface area contributed by atoms with Gasteiger partial charge in [0.1, 0.15) is 0 Å². The van der Waals surface area contributed by atoms with E-state index in [1.54, 1.807) is 0 Å². The lowest BCUT2D eigenvalue weighted by molar-refractivity contribution is 0.332. The first-order chi connectivity index (χ1) is 25.6. The lowest BCUT2D eigenvalue weighted by Gasteiger charge is -2.42. The quantitative estimate of drug-likeness (QED) is 0.172. The van der Waals surface area contributed by atoms with Crippen LogP contribution in [0.5, 0.6) is 0 Å². The third kappa shape index (κ3) is 3.99. The van der Waals surface area contributed by atoms with Crippen molar-refractivity contribution >= 4 is 54.4 Å². The molecule has 0 amide bonds. The average Bonchev–Trinajstić information content (AvgIpc) is 3.77. The molecule has 11 rings (SSSR count). The smallest absolute Gasteiger partial charge is 0.0795 e. The van der Waals surface area contributed by atoms with E-state index in [-0.39, 0.29) is 16.2 Å². The molecule has 0 N–H and O–H groups in total. The summed E-state index contributed by atoms with van der Waals surface area (Å²) >= 11 is 0. The largest absolute Gasteiger partial charge is 0.307 e. The summed E-state index contributed by atoms with van der Waals surface area (Å²) in [7, 11) is 0. The Morgan fingerprint density at radius 3 is 1.66 bits per heavy atom. The van der Waals surface area contributed by atoms with Crippen molar-refractivity contribution in [1.82, 2.24) is 9.13 Å². The van der Waals surface area contributed by atoms with Crippen LogP contribution in [0.4, 0.5) is 0 Å². The van der Waals surface area contributed by atoms with Gasteiger partial charge >= 0.3 is 0 Å². The molecule has 7 aromatic carbocycles. The molecule has 2 nitrogen and oxygen atoms in total. The number of aromatic nitrogens is 2. The van der Waals surface area contributed by atoms with Gasteiger partial charge in [-0.15, -0.1) is 0 Å². The summed E-state index contributed by atoms with van der Waals surface area (Å²) in [5, 5.41) is 7.91. The highest BCUT2D eigenvalue weighted by Gasteiger charge is 2.39. The minimum atomic E-state index is -0.104. The minimum absolute atomic E-state index is 0.0816. The van der Waals surface area contributed by atoms with E-state index in [0.29, 0.717) is 0 Å². The molecular formula is C51H44N2. The lowest BCUT2D eigenvalue weighted by Crippen LogP contribution is -2.33. The van der Waals surface area contributed by atoms with Gasteiger partial charge in [-0.3, -0.25) is 0 Å². The second kappa shape index (κ2) is 10.3. The lowest BCUT2D eigenvalue weighted by atomic mass is 9.63. The highest BCUT2D eigenvalue weighted by atomic mass is 15.0. The maximum Gasteiger partial charge on any atom is 0.0795 e. The zero-order valence-corrected chi connectivity index (χ0v) is 31.5. The molecule has 0 bridgehead atoms. The maximum absolute atomic E-state index is 2.65. The number of nitrogens with zero attached hydrogens (tertiary/aromatic N) is 2. The van der Waals surface area contributed by atoms with Crippen LogP contribution in [0.3, 0.4) is 0 Å². The molecule has 2 heteroatoms. The average molecular weight is 685 g/mol. The van der Waals surface area contributed by atoms with Gasteiger partial charge in [0.05, 0.1) is 22.1 Å². The van der Waals surface area contributed by atoms with Crippen LogP contribution in [0.1, 0.15) is 76.6 Å². The van der Waals surface area contributed by atoms with Gasteiger partial charge in [0.2, 0.25) is 0 Å². The van der Waals surface area contributed by atoms with Gasteiger partial charge in [0, 0.05) is 38.3 Å². The van der Waals surface area contributed by atoms with E-state index in [1.165, 1.54) is 112 Å². The first kappa shape index (κ1) is 31.0. The van der Waals surface area contributed by atoms with E-state index in [9.17, 15) is 0 Å². The molecule has 2 aliphatic rings. The normalized spacial score (nSPS) is 16.8. The summed E-state index contributed by atoms with van der Waals surface area (Å²) < 4.78 is 5.19. The standard InChI is InChI=1S/C51H44N2/c1-49(2)26-27-50(3,4)42-30-44-38(29-41(42)49)46-36-20-11-10-19-35(36)45-37-21-13-15-23-43(37)52(31-16-8-7-9-17-31)47(45)48(46)53(44)32-24-25-34-33-18-12-14-22-39(33)51(5,6)40(34)28-32/h7-25,28-30H,26-27H2,1-6H3. The summed E-state index contributed by atoms with van der Waals surface area (Å²) in [4.78, 5) is 0. The van der Waals surface area contributed by atoms with Gasteiger partial charge in [0.25, 0.3) is 0 Å². The fourth-order valence-electron chi connectivity index (χ4n) is 10.4. The van der Waals surface area contributed by atoms with Crippen molar-refractivity contribution in [3.63, 3.8) is 0 Å². The van der Waals surface area contributed by atoms with Crippen LogP contribution >= 0.6 is 0 Å². The van der Waals surface area contributed by atoms with Crippen LogP contribution < -0.4 is 0 Å². The number of hydrogen-bond donors (Lipinski definition) is 0. The SMILES string of the molecule is CC1(C)CCC(C)(C)c2cc3c(cc21)c1c2ccccc2c2c4ccccc4n(-c4ccccc4)c2c1n3-c1ccc2c(c1)C(C)(C)c1ccccc1-2. The molecule has 2 aliphatic carbocycles. The Balaban J connectivity index is 1.41. The Kier molecular flexibility index (Phi) is 6.01. The first-order valence-electron chi connectivity index (χ1n) is 19.3. The summed E-state index contributed by atoms with van der Waals surface area (Å²) in [6, 6.07) is 50.6. The number of benzene rings is 7. The van der Waals surface area contributed by atoms with Crippen molar-refractivity contribution in [2.45, 2.75) is 70.6 Å². The number of hydrogen-bond acceptors (Lipinski definition) is 0. The van der Waals surface area contributed by atoms with Crippen LogP contribution in [0.2, 0.25) is 0 Å². The predicted molar refractivity (Wildman–Crippen MR) is 225 cm³/mol. The topological polar surface area (TPSA) is 9.86 Å². The molecule has 2 heterocycles. The van der Waals surface area contributed by atoms with Crippen LogP contribution in [-0.2, 0) is 16.2 Å². The molecule has 2 aromatic heterocycles. The van der Waals surface area contributed by atoms with Gasteiger partial charge in [-0.25, -0.2) is 0 Å². The number of para-hydroxylation sites is 2. The Labute approximate surface area is 311 Å². The summed E-state index contributed by atoms with van der Waals surface area (Å²) in [5.74, 6) is 0. The highest BCUT2D eigenvalue weighted by Crippen LogP contribution is 2.53. The monoisotopic (exact) mass is 684 g/mol. The van der Waals surface area contributed by atoms with Crippen LogP contribution in [0.25, 0.3) is 76.9 Å². The van der Waals surface area contributed by atoms with Gasteiger partial charge < -0.3 is 9.13 Å². The second-order valence-electron chi connectivity index (χ2n) is 17.6. The Hall–Kier alpha value is -5.60. The molecule has 53 heavy (non-hydrogen) atoms. The third-order valence-corrected chi connectivity index (χ3v) is 13.3. The molecule has 0 atom stereocenters. The van der Waals surface area contributed by atoms with Gasteiger partial charge in [0.15, 0.2) is 0 Å². The van der Waals surface area contributed by atoms with E-state index < -0.39 is 0 Å². The third-order valence-electron chi connectivity index (χ3n) is 13.3. The van der Waals surface area contributed by atoms with Crippen molar-refractivity contribution in [2.24, 2.45) is 0 Å². The zero-order valence-electron chi connectivity index (χ0n) is 31.5. The summed E-state index contributed by atoms with van der Waals surface area (Å²) in [6.45, 7) is 14.6. The van der Waals surface area contributed by atoms with E-state index in [0.717, 1.165) is 0 Å². The molecule has 0 saturated carbocycles. The summed E-state index contributed by atoms with van der Waals surface area (Å²) in [5.41, 5.74) is 16.0. The maximum atomic E-state index is 2.65. The molecule has 258 valence electrons. The first-order valence-corrected chi connectivity index (χ1v) is 19.3. The molecule has 0 fully saturated rings. The fourth-order valence-corrected chi connectivity index (χ4v) is 10.4. The molecule has 0 unspecified atom stereocenters. The minimum Gasteiger partial charge on any atom is -0.307 e. The van der Waals surface area contributed by atoms with Crippen molar-refractivity contribution in [3.05, 3.63) is 156 Å². The fraction of sp³-hybridized carbons (Fsp3) is 0.216. The molecular weight excluding hydrogens is 641 g/mol. The van der Waals surface area contributed by atoms with E-state index in [1.807, 2.05) is 0 Å². The van der Waals surface area contributed by atoms with Crippen LogP contribution in [-0.4, -0.2) is 9.13 Å². The van der Waals surface area contributed by atoms with E-state index >= 15 is 0 Å². The Bertz CT molecular complexity index is 3020. The molecule has 0 aliphatic heterocycles. The van der Waals surface area contributed by atoms with Gasteiger partial charge in [-0.1, -0.05) is 133 Å². The van der Waals surface area contributed by atoms with Crippen molar-refractivity contribution < 1.29 is 0 Å². The predicted octanol–water partition coefficient (Wildman–Crippen LogP) is 13.7. The molecule has 0 saturated heterocycles. The Morgan fingerprint density at radius 1 is 0.396 bits per heavy atom. The van der Waals surface area contributed by atoms with E-state index in [2.05, 4.69) is 184 Å². The van der Waals surface area contributed by atoms with Crippen molar-refractivity contribution in [3.8, 4) is 22.5 Å². The van der Waals surface area contributed by atoms with E-state index in [4.69, 9.17) is 0 Å². The summed E-state index contributed by atoms with van der Waals surface area (Å²) in [6.07, 6.45) is 2.37. The van der Waals surface area contributed by atoms with Gasteiger partial charge in [-0.2, -0.15) is 0 Å². The van der Waals surface area contributed by atoms with Crippen molar-refractivity contribution in [1.29, 1.82) is 0 Å². The second-order valence-corrected chi connectivity index (χ2v) is 17.6. The Morgan fingerprint density at radius 2 is 0.943 bits per heavy atom. The van der Waals surface area contributed by atoms with Crippen LogP contribution in [0.15, 0.2) is 133 Å². The van der Waals surface area contributed by atoms with Crippen LogP contribution in [0, 0.1) is 0 Å². The number of fused-ring (bicyclic) bond motifs is 14. The molecule has 0 radical (unpaired) electrons. The number of rotatable bonds is 2. The van der Waals surface area contributed by atoms with Crippen molar-refractivity contribution in [2.75, 3.05) is 0 Å². The van der Waals surface area contributed by atoms with Gasteiger partial charge in [-0.05, 0) is 110 Å². The molecule has 0 spiro atoms. The zero-order chi connectivity index (χ0) is 36.0.